The van der Waals surface area contributed by atoms with Crippen molar-refractivity contribution >= 4 is 160 Å². The molecule has 15 rings (SSSR count). The first-order chi connectivity index (χ1) is 53.6. The van der Waals surface area contributed by atoms with Crippen molar-refractivity contribution < 1.29 is 21.9 Å². The van der Waals surface area contributed by atoms with E-state index in [9.17, 15) is 50.6 Å². The van der Waals surface area contributed by atoms with Crippen molar-refractivity contribution in [1.29, 1.82) is 0 Å². The second-order valence-electron chi connectivity index (χ2n) is 27.3. The minimum atomic E-state index is -0.844. The number of H-pyrrole nitrogens is 3. The van der Waals surface area contributed by atoms with Gasteiger partial charge in [-0.15, -0.1) is 0 Å². The van der Waals surface area contributed by atoms with Crippen LogP contribution in [0, 0.1) is 52.1 Å². The Morgan fingerprint density at radius 1 is 0.412 bits per heavy atom. The van der Waals surface area contributed by atoms with Gasteiger partial charge in [0.25, 0.3) is 22.6 Å². The van der Waals surface area contributed by atoms with Crippen molar-refractivity contribution in [2.45, 2.75) is 114 Å². The third-order valence-corrected chi connectivity index (χ3v) is 19.4. The quantitative estimate of drug-likeness (QED) is 0.0696. The molecule has 0 aliphatic heterocycles. The maximum atomic E-state index is 13.9. The third-order valence-electron chi connectivity index (χ3n) is 17.9. The number of carbonyl (C=O) groups excluding carboxylic acids is 1. The molecule has 0 radical (unpaired) electrons. The highest BCUT2D eigenvalue weighted by Gasteiger charge is 2.29. The molecule has 0 saturated carbocycles. The summed E-state index contributed by atoms with van der Waals surface area (Å²) in [5.41, 5.74) is 21.2. The molecule has 41 heteroatoms. The zero-order valence-corrected chi connectivity index (χ0v) is 68.8. The lowest BCUT2D eigenvalue weighted by molar-refractivity contribution is 0.1000. The van der Waals surface area contributed by atoms with E-state index >= 15 is 0 Å². The van der Waals surface area contributed by atoms with Gasteiger partial charge in [-0.25, -0.2) is 101 Å². The molecule has 1 amide bonds. The van der Waals surface area contributed by atoms with Crippen molar-refractivity contribution in [3.05, 3.63) is 211 Å². The van der Waals surface area contributed by atoms with Gasteiger partial charge in [0.05, 0.1) is 92.6 Å². The Hall–Kier alpha value is -11.3. The Kier molecular flexibility index (Phi) is 25.2. The van der Waals surface area contributed by atoms with Gasteiger partial charge in [-0.1, -0.05) is 113 Å². The van der Waals surface area contributed by atoms with E-state index in [0.717, 1.165) is 63.0 Å². The first-order valence-corrected chi connectivity index (χ1v) is 37.4. The van der Waals surface area contributed by atoms with Crippen LogP contribution in [-0.2, 0) is 28.2 Å². The minimum absolute atomic E-state index is 0.0288. The molecule has 0 spiro atoms. The van der Waals surface area contributed by atoms with Gasteiger partial charge in [-0.3, -0.25) is 34.1 Å². The highest BCUT2D eigenvalue weighted by Crippen LogP contribution is 2.37. The fourth-order valence-corrected chi connectivity index (χ4v) is 13.7. The Morgan fingerprint density at radius 3 is 0.939 bits per heavy atom. The van der Waals surface area contributed by atoms with Gasteiger partial charge < -0.3 is 29.7 Å². The first-order valence-electron chi connectivity index (χ1n) is 34.4. The Labute approximate surface area is 672 Å². The molecule has 0 aliphatic carbocycles. The second kappa shape index (κ2) is 33.8. The summed E-state index contributed by atoms with van der Waals surface area (Å²) < 4.78 is 62.8. The number of anilines is 1. The molecular weight excluding hydrogens is 1610 g/mol. The lowest BCUT2D eigenvalue weighted by atomic mass is 9.99. The van der Waals surface area contributed by atoms with E-state index in [4.69, 9.17) is 69.5 Å². The van der Waals surface area contributed by atoms with Crippen LogP contribution in [-0.4, -0.2) is 119 Å². The number of primary amides is 1. The van der Waals surface area contributed by atoms with E-state index in [-0.39, 0.29) is 78.9 Å². The third kappa shape index (κ3) is 16.2. The van der Waals surface area contributed by atoms with Crippen molar-refractivity contribution in [2.75, 3.05) is 12.0 Å². The van der Waals surface area contributed by atoms with Crippen LogP contribution in [0.2, 0.25) is 25.8 Å². The summed E-state index contributed by atoms with van der Waals surface area (Å²) in [5.74, 6) is -2.86. The topological polar surface area (TPSA) is 408 Å². The molecule has 0 unspecified atom stereocenters. The standard InChI is InChI=1S/3C18H16ClFN6O2.C11H16N4.C7H6Cl2N2O.CH3FS/c3*1-7(2)11-12-16(25(4)6-21-12)22-8(3)13(11)26-15-9(17(27)24-18(26)28)5-10(20)14(19)23-15;1-6(2)8-9(12)7(3)14-11-10(8)13-5-15(11)4;1-3-2-4(7(10)12)6(9)11-5(3)8;1-3-2/h3*5-7H,1-4H3,(H,24,27,28);5-6H,12H2,1-4H3;2H,1H3,(H2,10,12);1H3. The highest BCUT2D eigenvalue weighted by atomic mass is 35.5. The van der Waals surface area contributed by atoms with Gasteiger partial charge >= 0.3 is 17.1 Å². The zero-order valence-electron chi connectivity index (χ0n) is 64.2. The van der Waals surface area contributed by atoms with Gasteiger partial charge in [0.2, 0.25) is 0 Å². The van der Waals surface area contributed by atoms with Crippen molar-refractivity contribution in [3.8, 4) is 17.1 Å². The molecule has 7 N–H and O–H groups in total. The number of aromatic amines is 3. The minimum Gasteiger partial charge on any atom is -0.397 e. The van der Waals surface area contributed by atoms with E-state index in [1.54, 1.807) is 66.7 Å². The molecule has 0 aromatic carbocycles. The molecule has 15 aromatic rings. The number of amides is 1. The Balaban J connectivity index is 0.000000154. The van der Waals surface area contributed by atoms with Crippen molar-refractivity contribution in [1.82, 2.24) is 107 Å². The summed E-state index contributed by atoms with van der Waals surface area (Å²) in [6, 6.07) is 4.42. The summed E-state index contributed by atoms with van der Waals surface area (Å²) in [6.45, 7) is 24.9. The fraction of sp³-hybridized carbons (Fsp3) is 0.301. The Bertz CT molecular complexity index is 6300. The summed E-state index contributed by atoms with van der Waals surface area (Å²) in [5, 5.41) is -1.22. The SMILES string of the molecule is CSF.Cc1cc(C(N)=O)c(Cl)nc1Cl.Cc1nc2c(ncn2C)c(C(C)C)c1-n1c(=O)[nH]c(=O)c2cc(F)c(Cl)nc21.Cc1nc2c(ncn2C)c(C(C)C)c1-n1c(=O)[nH]c(=O)c2cc(F)c(Cl)nc21.Cc1nc2c(ncn2C)c(C(C)C)c1-n1c(=O)[nH]c(=O)c2cc(F)c(Cl)nc21.Cc1nc2c(ncn2C)c(C(C)C)c1N. The van der Waals surface area contributed by atoms with Crippen LogP contribution in [0.5, 0.6) is 0 Å². The summed E-state index contributed by atoms with van der Waals surface area (Å²) in [7, 11) is 7.44. The number of fused-ring (bicyclic) bond motifs is 7. The van der Waals surface area contributed by atoms with E-state index in [1.807, 2.05) is 81.2 Å². The molecule has 0 aliphatic rings. The number of aromatic nitrogens is 22. The number of nitrogens with one attached hydrogen (secondary N) is 3. The molecule has 0 saturated heterocycles. The Morgan fingerprint density at radius 2 is 0.675 bits per heavy atom. The normalized spacial score (nSPS) is 11.4. The van der Waals surface area contributed by atoms with Crippen LogP contribution in [0.4, 0.5) is 22.7 Å². The number of nitrogen functional groups attached to an aromatic ring is 1. The second-order valence-corrected chi connectivity index (χ2v) is 29.4. The summed E-state index contributed by atoms with van der Waals surface area (Å²) >= 11 is 29.0. The van der Waals surface area contributed by atoms with Crippen LogP contribution in [0.25, 0.3) is 94.8 Å². The van der Waals surface area contributed by atoms with Gasteiger partial charge in [-0.2, -0.15) is 3.89 Å². The van der Waals surface area contributed by atoms with Crippen molar-refractivity contribution in [2.24, 2.45) is 33.9 Å². The van der Waals surface area contributed by atoms with E-state index < -0.39 is 72.6 Å². The average molecular weight is 1680 g/mol. The lowest BCUT2D eigenvalue weighted by Crippen LogP contribution is -2.31. The number of halogens is 9. The molecule has 596 valence electrons. The number of carbonyl (C=O) groups is 1. The van der Waals surface area contributed by atoms with Crippen LogP contribution < -0.4 is 45.2 Å². The van der Waals surface area contributed by atoms with E-state index in [2.05, 4.69) is 88.6 Å². The van der Waals surface area contributed by atoms with Crippen molar-refractivity contribution in [3.63, 3.8) is 0 Å². The molecule has 114 heavy (non-hydrogen) atoms. The number of imidazole rings is 4. The smallest absolute Gasteiger partial charge is 0.334 e. The van der Waals surface area contributed by atoms with Gasteiger partial charge in [-0.05, 0) is 88.1 Å². The number of pyridine rings is 8. The van der Waals surface area contributed by atoms with E-state index in [1.165, 1.54) is 26.0 Å². The van der Waals surface area contributed by atoms with Gasteiger partial charge in [0.1, 0.15) is 32.4 Å². The number of hydrogen-bond donors (Lipinski definition) is 5. The molecule has 15 heterocycles. The number of nitrogens with zero attached hydrogens (tertiary/aromatic N) is 19. The fourth-order valence-electron chi connectivity index (χ4n) is 12.9. The van der Waals surface area contributed by atoms with Gasteiger partial charge in [0.15, 0.2) is 72.4 Å². The van der Waals surface area contributed by atoms with Crippen LogP contribution in [0.3, 0.4) is 0 Å². The summed E-state index contributed by atoms with van der Waals surface area (Å²) in [6.07, 6.45) is 8.09. The predicted molar refractivity (Wildman–Crippen MR) is 435 cm³/mol. The molecular formula is C73H73Cl5F4N24O7S. The maximum absolute atomic E-state index is 13.9. The van der Waals surface area contributed by atoms with Crippen LogP contribution in [0.15, 0.2) is 78.3 Å². The van der Waals surface area contributed by atoms with E-state index in [0.29, 0.717) is 79.1 Å². The average Bonchev–Trinajstić information content (AvgIpc) is 1.35. The maximum Gasteiger partial charge on any atom is 0.334 e. The van der Waals surface area contributed by atoms with Crippen LogP contribution in [0.1, 0.15) is 140 Å². The molecule has 0 bridgehead atoms. The number of rotatable bonds is 8. The largest absolute Gasteiger partial charge is 0.397 e. The molecule has 15 aromatic heterocycles. The number of nitrogens with two attached hydrogens (primary N) is 2. The molecule has 31 nitrogen and oxygen atoms in total. The number of aryl methyl sites for hydroxylation is 9. The molecule has 0 atom stereocenters. The van der Waals surface area contributed by atoms with Gasteiger partial charge in [0, 0.05) is 68.8 Å². The lowest BCUT2D eigenvalue weighted by Gasteiger charge is -2.18. The summed E-state index contributed by atoms with van der Waals surface area (Å²) in [4.78, 5) is 144. The monoisotopic (exact) mass is 1680 g/mol. The molecule has 0 fully saturated rings. The predicted octanol–water partition coefficient (Wildman–Crippen LogP) is 12.8. The zero-order chi connectivity index (χ0) is 84.1. The highest BCUT2D eigenvalue weighted by molar-refractivity contribution is 7.93. The first kappa shape index (κ1) is 85.1. The van der Waals surface area contributed by atoms with Crippen LogP contribution >= 0.6 is 70.2 Å². The number of hydrogen-bond acceptors (Lipinski definition) is 21.